The van der Waals surface area contributed by atoms with Gasteiger partial charge in [0.1, 0.15) is 11.6 Å². The number of hydrogen-bond acceptors (Lipinski definition) is 4. The van der Waals surface area contributed by atoms with Gasteiger partial charge in [-0.15, -0.1) is 0 Å². The van der Waals surface area contributed by atoms with E-state index in [-0.39, 0.29) is 11.9 Å². The highest BCUT2D eigenvalue weighted by atomic mass is 16.6. The van der Waals surface area contributed by atoms with Crippen molar-refractivity contribution < 1.29 is 14.3 Å². The fourth-order valence-corrected chi connectivity index (χ4v) is 2.81. The molecule has 2 rings (SSSR count). The molecule has 0 aromatic heterocycles. The Morgan fingerprint density at radius 2 is 2.00 bits per heavy atom. The zero-order valence-corrected chi connectivity index (χ0v) is 18.2. The molecule has 2 unspecified atom stereocenters. The van der Waals surface area contributed by atoms with Crippen LogP contribution in [0.3, 0.4) is 0 Å². The van der Waals surface area contributed by atoms with Crippen molar-refractivity contribution in [1.82, 2.24) is 5.32 Å². The number of para-hydroxylation sites is 2. The van der Waals surface area contributed by atoms with E-state index in [0.29, 0.717) is 6.54 Å². The predicted molar refractivity (Wildman–Crippen MR) is 116 cm³/mol. The number of fused-ring (bicyclic) bond motifs is 1. The molecule has 0 radical (unpaired) electrons. The van der Waals surface area contributed by atoms with Crippen LogP contribution in [0.2, 0.25) is 0 Å². The minimum absolute atomic E-state index is 0.0757. The Labute approximate surface area is 169 Å². The van der Waals surface area contributed by atoms with Crippen molar-refractivity contribution in [3.63, 3.8) is 0 Å². The molecular formula is C22H35N3O3. The number of amides is 2. The van der Waals surface area contributed by atoms with Crippen molar-refractivity contribution in [3.05, 3.63) is 36.4 Å². The fraction of sp³-hybridized carbons (Fsp3) is 0.545. The molecule has 1 aromatic rings. The number of carbonyl (C=O) groups excluding carboxylic acids is 2. The monoisotopic (exact) mass is 389 g/mol. The highest BCUT2D eigenvalue weighted by Gasteiger charge is 2.31. The molecule has 0 bridgehead atoms. The number of anilines is 2. The van der Waals surface area contributed by atoms with E-state index in [1.165, 1.54) is 0 Å². The van der Waals surface area contributed by atoms with Gasteiger partial charge in [0, 0.05) is 12.6 Å². The summed E-state index contributed by atoms with van der Waals surface area (Å²) in [5, 5.41) is 5.61. The number of ether oxygens (including phenoxy) is 1. The Kier molecular flexibility index (Phi) is 9.03. The summed E-state index contributed by atoms with van der Waals surface area (Å²) in [4.78, 5) is 26.9. The predicted octanol–water partition coefficient (Wildman–Crippen LogP) is 4.72. The van der Waals surface area contributed by atoms with Gasteiger partial charge in [0.2, 0.25) is 5.91 Å². The molecule has 156 valence electrons. The lowest BCUT2D eigenvalue weighted by Gasteiger charge is -2.31. The van der Waals surface area contributed by atoms with Crippen molar-refractivity contribution in [2.75, 3.05) is 16.8 Å². The minimum atomic E-state index is -0.713. The number of rotatable bonds is 4. The molecule has 2 atom stereocenters. The van der Waals surface area contributed by atoms with Gasteiger partial charge >= 0.3 is 6.09 Å². The normalized spacial score (nSPS) is 17.6. The van der Waals surface area contributed by atoms with Gasteiger partial charge in [0.25, 0.3) is 0 Å². The average Bonchev–Trinajstić information content (AvgIpc) is 2.76. The molecule has 2 N–H and O–H groups in total. The van der Waals surface area contributed by atoms with Gasteiger partial charge in [-0.2, -0.15) is 0 Å². The van der Waals surface area contributed by atoms with Gasteiger partial charge in [-0.3, -0.25) is 4.79 Å². The summed E-state index contributed by atoms with van der Waals surface area (Å²) in [7, 11) is 0. The highest BCUT2D eigenvalue weighted by Crippen LogP contribution is 2.30. The van der Waals surface area contributed by atoms with Crippen LogP contribution in [0.1, 0.15) is 54.9 Å². The molecule has 6 nitrogen and oxygen atoms in total. The van der Waals surface area contributed by atoms with Gasteiger partial charge in [-0.1, -0.05) is 45.1 Å². The van der Waals surface area contributed by atoms with Crippen molar-refractivity contribution >= 4 is 23.4 Å². The van der Waals surface area contributed by atoms with Crippen LogP contribution in [0.25, 0.3) is 0 Å². The smallest absolute Gasteiger partial charge is 0.408 e. The van der Waals surface area contributed by atoms with E-state index in [9.17, 15) is 9.59 Å². The summed E-state index contributed by atoms with van der Waals surface area (Å²) in [6.45, 7) is 13.9. The molecule has 0 spiro atoms. The van der Waals surface area contributed by atoms with Crippen molar-refractivity contribution in [3.8, 4) is 0 Å². The highest BCUT2D eigenvalue weighted by molar-refractivity contribution is 6.01. The second kappa shape index (κ2) is 10.7. The van der Waals surface area contributed by atoms with E-state index < -0.39 is 17.7 Å². The molecule has 6 heteroatoms. The molecule has 0 saturated carbocycles. The molecular weight excluding hydrogens is 354 g/mol. The summed E-state index contributed by atoms with van der Waals surface area (Å²) >= 11 is 0. The molecule has 28 heavy (non-hydrogen) atoms. The number of alkyl carbamates (subject to hydrolysis) is 1. The zero-order valence-electron chi connectivity index (χ0n) is 18.2. The largest absolute Gasteiger partial charge is 0.444 e. The quantitative estimate of drug-likeness (QED) is 0.731. The first-order chi connectivity index (χ1) is 13.2. The summed E-state index contributed by atoms with van der Waals surface area (Å²) in [6.07, 6.45) is 4.55. The molecule has 1 heterocycles. The summed E-state index contributed by atoms with van der Waals surface area (Å²) < 4.78 is 5.30. The number of hydrogen-bond donors (Lipinski definition) is 2. The van der Waals surface area contributed by atoms with Gasteiger partial charge < -0.3 is 20.3 Å². The maximum atomic E-state index is 12.6. The number of nitrogens with one attached hydrogen (secondary N) is 2. The Morgan fingerprint density at radius 3 is 2.61 bits per heavy atom. The Morgan fingerprint density at radius 1 is 1.36 bits per heavy atom. The second-order valence-corrected chi connectivity index (χ2v) is 7.43. The van der Waals surface area contributed by atoms with Crippen LogP contribution < -0.4 is 15.5 Å². The van der Waals surface area contributed by atoms with Crippen LogP contribution in [0.4, 0.5) is 16.2 Å². The number of carbonyl (C=O) groups is 2. The first-order valence-electron chi connectivity index (χ1n) is 10.0. The average molecular weight is 390 g/mol. The Hall–Kier alpha value is -2.50. The lowest BCUT2D eigenvalue weighted by Crippen LogP contribution is -2.51. The number of nitrogens with zero attached hydrogens (tertiary/aromatic N) is 1. The summed E-state index contributed by atoms with van der Waals surface area (Å²) in [5.41, 5.74) is 1.05. The third kappa shape index (κ3) is 6.91. The standard InChI is InChI=1S/C20H29N3O3.C2H6/c1-6-7-10-14(2)23-13-16(22-19(25)26-20(3,4)5)18(24)21-15-11-8-9-12-17(15)23;1-2/h7-12,14,16H,6,13H2,1-5H3,(H,21,24)(H,22,25);1-2H3/b10-7-;. The van der Waals surface area contributed by atoms with E-state index in [1.807, 2.05) is 38.1 Å². The van der Waals surface area contributed by atoms with Gasteiger partial charge in [-0.05, 0) is 46.2 Å². The number of benzene rings is 1. The van der Waals surface area contributed by atoms with Crippen molar-refractivity contribution in [1.29, 1.82) is 0 Å². The Bertz CT molecular complexity index is 680. The van der Waals surface area contributed by atoms with Crippen molar-refractivity contribution in [2.24, 2.45) is 0 Å². The van der Waals surface area contributed by atoms with E-state index in [4.69, 9.17) is 4.74 Å². The van der Waals surface area contributed by atoms with Crippen LogP contribution in [-0.4, -0.2) is 36.2 Å². The van der Waals surface area contributed by atoms with Crippen molar-refractivity contribution in [2.45, 2.75) is 72.6 Å². The second-order valence-electron chi connectivity index (χ2n) is 7.43. The minimum Gasteiger partial charge on any atom is -0.444 e. The molecule has 0 fully saturated rings. The first kappa shape index (κ1) is 23.5. The summed E-state index contributed by atoms with van der Waals surface area (Å²) in [5.74, 6) is -0.252. The summed E-state index contributed by atoms with van der Waals surface area (Å²) in [6, 6.07) is 7.02. The van der Waals surface area contributed by atoms with Crippen LogP contribution in [-0.2, 0) is 9.53 Å². The molecule has 2 amide bonds. The first-order valence-corrected chi connectivity index (χ1v) is 10.0. The lowest BCUT2D eigenvalue weighted by molar-refractivity contribution is -0.117. The lowest BCUT2D eigenvalue weighted by atomic mass is 10.1. The van der Waals surface area contributed by atoms with E-state index in [1.54, 1.807) is 20.8 Å². The van der Waals surface area contributed by atoms with Crippen LogP contribution in [0, 0.1) is 0 Å². The molecule has 1 aliphatic heterocycles. The van der Waals surface area contributed by atoms with E-state index in [2.05, 4.69) is 41.5 Å². The van der Waals surface area contributed by atoms with Crippen LogP contribution in [0.5, 0.6) is 0 Å². The van der Waals surface area contributed by atoms with Gasteiger partial charge in [0.15, 0.2) is 0 Å². The van der Waals surface area contributed by atoms with E-state index >= 15 is 0 Å². The molecule has 0 saturated heterocycles. The molecule has 1 aliphatic rings. The number of allylic oxidation sites excluding steroid dienone is 1. The van der Waals surface area contributed by atoms with Gasteiger partial charge in [-0.25, -0.2) is 4.79 Å². The molecule has 1 aromatic carbocycles. The Balaban J connectivity index is 0.00000190. The molecule has 0 aliphatic carbocycles. The fourth-order valence-electron chi connectivity index (χ4n) is 2.81. The maximum Gasteiger partial charge on any atom is 0.408 e. The SMILES string of the molecule is CC.CC/C=C\C(C)N1CC(NC(=O)OC(C)(C)C)C(=O)Nc2ccccc21. The van der Waals surface area contributed by atoms with Crippen LogP contribution in [0.15, 0.2) is 36.4 Å². The third-order valence-electron chi connectivity index (χ3n) is 4.00. The topological polar surface area (TPSA) is 70.7 Å². The third-order valence-corrected chi connectivity index (χ3v) is 4.00. The van der Waals surface area contributed by atoms with Crippen LogP contribution >= 0.6 is 0 Å². The van der Waals surface area contributed by atoms with E-state index in [0.717, 1.165) is 17.8 Å². The zero-order chi connectivity index (χ0) is 21.3. The van der Waals surface area contributed by atoms with Gasteiger partial charge in [0.05, 0.1) is 11.4 Å². The maximum absolute atomic E-state index is 12.6.